The van der Waals surface area contributed by atoms with Crippen LogP contribution in [0.3, 0.4) is 0 Å². The molecule has 0 N–H and O–H groups in total. The first-order chi connectivity index (χ1) is 14.8. The first-order valence-corrected chi connectivity index (χ1v) is 11.4. The number of ether oxygens (including phenoxy) is 2. The highest BCUT2D eigenvalue weighted by Gasteiger charge is 2.31. The molecule has 11 heteroatoms. The van der Waals surface area contributed by atoms with Crippen LogP contribution in [0.15, 0.2) is 29.2 Å². The smallest absolute Gasteiger partial charge is 0.321 e. The van der Waals surface area contributed by atoms with Crippen LogP contribution in [-0.2, 0) is 21.2 Å². The Hall–Kier alpha value is -2.92. The summed E-state index contributed by atoms with van der Waals surface area (Å²) < 4.78 is 38.2. The number of rotatable bonds is 5. The Balaban J connectivity index is 1.49. The molecule has 1 fully saturated rings. The zero-order valence-electron chi connectivity index (χ0n) is 17.7. The Bertz CT molecular complexity index is 1080. The predicted octanol–water partition coefficient (Wildman–Crippen LogP) is 0.914. The van der Waals surface area contributed by atoms with Crippen molar-refractivity contribution in [3.05, 3.63) is 29.8 Å². The fraction of sp³-hybridized carbons (Fsp3) is 0.450. The van der Waals surface area contributed by atoms with Crippen molar-refractivity contribution < 1.29 is 22.7 Å². The molecule has 3 heterocycles. The van der Waals surface area contributed by atoms with E-state index in [0.717, 1.165) is 11.3 Å². The van der Waals surface area contributed by atoms with Crippen LogP contribution in [0.5, 0.6) is 11.9 Å². The number of carbonyl (C=O) groups is 1. The third-order valence-electron chi connectivity index (χ3n) is 5.59. The molecule has 1 aromatic heterocycles. The Kier molecular flexibility index (Phi) is 5.71. The molecule has 2 aliphatic rings. The highest BCUT2D eigenvalue weighted by molar-refractivity contribution is 7.89. The van der Waals surface area contributed by atoms with Crippen molar-refractivity contribution in [2.24, 2.45) is 0 Å². The molecule has 166 valence electrons. The van der Waals surface area contributed by atoms with Crippen molar-refractivity contribution >= 4 is 27.4 Å². The summed E-state index contributed by atoms with van der Waals surface area (Å²) in [5, 5.41) is 0. The maximum absolute atomic E-state index is 13.2. The molecule has 4 rings (SSSR count). The summed E-state index contributed by atoms with van der Waals surface area (Å²) in [4.78, 5) is 24.1. The van der Waals surface area contributed by atoms with Crippen LogP contribution in [0.2, 0.25) is 0 Å². The number of hydrogen-bond acceptors (Lipinski definition) is 8. The van der Waals surface area contributed by atoms with E-state index in [2.05, 4.69) is 9.97 Å². The highest BCUT2D eigenvalue weighted by Crippen LogP contribution is 2.31. The molecule has 2 aliphatic heterocycles. The van der Waals surface area contributed by atoms with Gasteiger partial charge >= 0.3 is 6.01 Å². The normalized spacial score (nSPS) is 16.9. The molecule has 0 spiro atoms. The van der Waals surface area contributed by atoms with E-state index in [1.54, 1.807) is 29.2 Å². The quantitative estimate of drug-likeness (QED) is 0.666. The number of benzene rings is 1. The van der Waals surface area contributed by atoms with Gasteiger partial charge in [0.25, 0.3) is 0 Å². The Morgan fingerprint density at radius 2 is 1.74 bits per heavy atom. The maximum atomic E-state index is 13.2. The number of carbonyl (C=O) groups excluding carboxylic acids is 1. The second-order valence-corrected chi connectivity index (χ2v) is 9.30. The van der Waals surface area contributed by atoms with Gasteiger partial charge in [-0.2, -0.15) is 14.3 Å². The average Bonchev–Trinajstić information content (AvgIpc) is 3.22. The maximum Gasteiger partial charge on any atom is 0.321 e. The largest absolute Gasteiger partial charge is 0.481 e. The SMILES string of the molecule is COc1cc(N2CCN(S(=O)(=O)c3ccc4c(c3)CCN4C(C)=O)CC2)nc(OC)n1. The van der Waals surface area contributed by atoms with Gasteiger partial charge in [-0.25, -0.2) is 8.42 Å². The van der Waals surface area contributed by atoms with E-state index in [4.69, 9.17) is 9.47 Å². The van der Waals surface area contributed by atoms with Gasteiger partial charge in [-0.3, -0.25) is 4.79 Å². The number of hydrogen-bond donors (Lipinski definition) is 0. The lowest BCUT2D eigenvalue weighted by Gasteiger charge is -2.34. The van der Waals surface area contributed by atoms with Crippen molar-refractivity contribution in [3.63, 3.8) is 0 Å². The van der Waals surface area contributed by atoms with E-state index < -0.39 is 10.0 Å². The summed E-state index contributed by atoms with van der Waals surface area (Å²) in [5.74, 6) is 0.973. The topological polar surface area (TPSA) is 105 Å². The van der Waals surface area contributed by atoms with E-state index in [9.17, 15) is 13.2 Å². The van der Waals surface area contributed by atoms with E-state index in [-0.39, 0.29) is 16.8 Å². The lowest BCUT2D eigenvalue weighted by Crippen LogP contribution is -2.49. The fourth-order valence-electron chi connectivity index (χ4n) is 3.92. The first kappa shape index (κ1) is 21.3. The van der Waals surface area contributed by atoms with E-state index in [1.807, 2.05) is 4.90 Å². The van der Waals surface area contributed by atoms with E-state index in [0.29, 0.717) is 50.8 Å². The van der Waals surface area contributed by atoms with Crippen LogP contribution in [0.25, 0.3) is 0 Å². The van der Waals surface area contributed by atoms with Gasteiger partial charge in [0.1, 0.15) is 5.82 Å². The van der Waals surface area contributed by atoms with Crippen LogP contribution >= 0.6 is 0 Å². The molecule has 31 heavy (non-hydrogen) atoms. The van der Waals surface area contributed by atoms with Crippen molar-refractivity contribution in [2.75, 3.05) is 56.7 Å². The second kappa shape index (κ2) is 8.31. The summed E-state index contributed by atoms with van der Waals surface area (Å²) >= 11 is 0. The number of fused-ring (bicyclic) bond motifs is 1. The molecule has 2 aromatic rings. The molecule has 10 nitrogen and oxygen atoms in total. The van der Waals surface area contributed by atoms with Crippen LogP contribution in [0.4, 0.5) is 11.5 Å². The first-order valence-electron chi connectivity index (χ1n) is 9.96. The number of aromatic nitrogens is 2. The number of anilines is 2. The van der Waals surface area contributed by atoms with Crippen LogP contribution in [0, 0.1) is 0 Å². The molecule has 0 radical (unpaired) electrons. The van der Waals surface area contributed by atoms with Gasteiger partial charge in [-0.15, -0.1) is 0 Å². The molecular formula is C20H25N5O5S. The number of amides is 1. The minimum absolute atomic E-state index is 0.0385. The lowest BCUT2D eigenvalue weighted by atomic mass is 10.2. The molecule has 0 atom stereocenters. The third-order valence-corrected chi connectivity index (χ3v) is 7.48. The van der Waals surface area contributed by atoms with Crippen molar-refractivity contribution in [3.8, 4) is 11.9 Å². The van der Waals surface area contributed by atoms with Gasteiger partial charge < -0.3 is 19.3 Å². The highest BCUT2D eigenvalue weighted by atomic mass is 32.2. The number of sulfonamides is 1. The van der Waals surface area contributed by atoms with Gasteiger partial charge in [-0.05, 0) is 30.2 Å². The molecular weight excluding hydrogens is 422 g/mol. The molecule has 1 aromatic carbocycles. The van der Waals surface area contributed by atoms with Crippen LogP contribution in [-0.4, -0.2) is 75.5 Å². The van der Waals surface area contributed by atoms with E-state index in [1.165, 1.54) is 25.4 Å². The minimum Gasteiger partial charge on any atom is -0.481 e. The van der Waals surface area contributed by atoms with Gasteiger partial charge in [-0.1, -0.05) is 0 Å². The van der Waals surface area contributed by atoms with Crippen LogP contribution < -0.4 is 19.3 Å². The van der Waals surface area contributed by atoms with Crippen molar-refractivity contribution in [1.29, 1.82) is 0 Å². The van der Waals surface area contributed by atoms with E-state index >= 15 is 0 Å². The minimum atomic E-state index is -3.63. The number of piperazine rings is 1. The molecule has 0 unspecified atom stereocenters. The molecule has 1 saturated heterocycles. The van der Waals surface area contributed by atoms with Crippen LogP contribution in [0.1, 0.15) is 12.5 Å². The molecule has 0 aliphatic carbocycles. The van der Waals surface area contributed by atoms with Gasteiger partial charge in [0.15, 0.2) is 0 Å². The Labute approximate surface area is 181 Å². The summed E-state index contributed by atoms with van der Waals surface area (Å²) in [6, 6.07) is 6.91. The molecule has 1 amide bonds. The predicted molar refractivity (Wildman–Crippen MR) is 114 cm³/mol. The Morgan fingerprint density at radius 1 is 1.00 bits per heavy atom. The number of nitrogens with zero attached hydrogens (tertiary/aromatic N) is 5. The van der Waals surface area contributed by atoms with Crippen molar-refractivity contribution in [1.82, 2.24) is 14.3 Å². The molecule has 0 bridgehead atoms. The van der Waals surface area contributed by atoms with Gasteiger partial charge in [0.2, 0.25) is 21.8 Å². The second-order valence-electron chi connectivity index (χ2n) is 7.36. The van der Waals surface area contributed by atoms with Gasteiger partial charge in [0.05, 0.1) is 19.1 Å². The standard InChI is InChI=1S/C20H25N5O5S/c1-14(26)25-7-6-15-12-16(4-5-17(15)25)31(27,28)24-10-8-23(9-11-24)18-13-19(29-2)22-20(21-18)30-3/h4-5,12-13H,6-11H2,1-3H3. The fourth-order valence-corrected chi connectivity index (χ4v) is 5.40. The monoisotopic (exact) mass is 447 g/mol. The zero-order chi connectivity index (χ0) is 22.2. The summed E-state index contributed by atoms with van der Waals surface area (Å²) in [7, 11) is -0.634. The average molecular weight is 448 g/mol. The zero-order valence-corrected chi connectivity index (χ0v) is 18.6. The van der Waals surface area contributed by atoms with Gasteiger partial charge in [0, 0.05) is 51.4 Å². The summed E-state index contributed by atoms with van der Waals surface area (Å²) in [5.41, 5.74) is 1.68. The summed E-state index contributed by atoms with van der Waals surface area (Å²) in [6.45, 7) is 3.71. The van der Waals surface area contributed by atoms with Crippen molar-refractivity contribution in [2.45, 2.75) is 18.2 Å². The Morgan fingerprint density at radius 3 is 2.39 bits per heavy atom. The molecule has 0 saturated carbocycles. The summed E-state index contributed by atoms with van der Waals surface area (Å²) in [6.07, 6.45) is 0.656. The number of methoxy groups -OCH3 is 2. The lowest BCUT2D eigenvalue weighted by molar-refractivity contribution is -0.116. The third kappa shape index (κ3) is 4.02.